The molecule has 0 radical (unpaired) electrons. The van der Waals surface area contributed by atoms with Gasteiger partial charge in [-0.2, -0.15) is 0 Å². The van der Waals surface area contributed by atoms with Gasteiger partial charge in [0.2, 0.25) is 0 Å². The second kappa shape index (κ2) is 5.49. The van der Waals surface area contributed by atoms with Gasteiger partial charge in [-0.1, -0.05) is 44.2 Å². The topological polar surface area (TPSA) is 12.0 Å². The minimum atomic E-state index is 0.597. The molecule has 2 rings (SSSR count). The normalized spacial score (nSPS) is 17.7. The molecule has 1 saturated carbocycles. The smallest absolute Gasteiger partial charge is 0.0348 e. The summed E-state index contributed by atoms with van der Waals surface area (Å²) in [6, 6.07) is 11.5. The van der Waals surface area contributed by atoms with E-state index in [1.165, 1.54) is 24.8 Å². The average Bonchev–Trinajstić information content (AvgIpc) is 3.09. The highest BCUT2D eigenvalue weighted by Gasteiger charge is 2.31. The number of benzene rings is 1. The molecule has 0 heterocycles. The van der Waals surface area contributed by atoms with Crippen molar-refractivity contribution in [3.8, 4) is 0 Å². The van der Waals surface area contributed by atoms with E-state index in [1.807, 2.05) is 0 Å². The summed E-state index contributed by atoms with van der Waals surface area (Å²) in [7, 11) is 0. The van der Waals surface area contributed by atoms with Crippen LogP contribution in [0.1, 0.15) is 44.7 Å². The molecule has 1 heteroatoms. The highest BCUT2D eigenvalue weighted by atomic mass is 14.9. The van der Waals surface area contributed by atoms with Crippen LogP contribution in [0, 0.1) is 11.8 Å². The maximum absolute atomic E-state index is 3.73. The molecule has 1 aliphatic carbocycles. The van der Waals surface area contributed by atoms with Crippen molar-refractivity contribution in [2.45, 2.75) is 39.2 Å². The van der Waals surface area contributed by atoms with Crippen LogP contribution in [-0.4, -0.2) is 6.54 Å². The largest absolute Gasteiger partial charge is 0.310 e. The molecular formula is C15H23N. The van der Waals surface area contributed by atoms with Crippen LogP contribution in [0.3, 0.4) is 0 Å². The van der Waals surface area contributed by atoms with E-state index in [9.17, 15) is 0 Å². The summed E-state index contributed by atoms with van der Waals surface area (Å²) in [6.07, 6.45) is 4.07. The van der Waals surface area contributed by atoms with E-state index in [-0.39, 0.29) is 0 Å². The van der Waals surface area contributed by atoms with Gasteiger partial charge in [-0.3, -0.25) is 0 Å². The van der Waals surface area contributed by atoms with E-state index in [2.05, 4.69) is 49.5 Å². The summed E-state index contributed by atoms with van der Waals surface area (Å²) in [6.45, 7) is 5.72. The molecule has 1 fully saturated rings. The summed E-state index contributed by atoms with van der Waals surface area (Å²) in [4.78, 5) is 0. The van der Waals surface area contributed by atoms with Crippen molar-refractivity contribution in [1.82, 2.24) is 5.32 Å². The lowest BCUT2D eigenvalue weighted by atomic mass is 10.0. The molecule has 1 aromatic rings. The molecule has 16 heavy (non-hydrogen) atoms. The summed E-state index contributed by atoms with van der Waals surface area (Å²) in [5.41, 5.74) is 1.47. The first kappa shape index (κ1) is 11.7. The van der Waals surface area contributed by atoms with Crippen molar-refractivity contribution in [3.05, 3.63) is 35.9 Å². The SMILES string of the molecule is CC(C)CCNC(c1ccccc1)C1CC1. The summed E-state index contributed by atoms with van der Waals surface area (Å²) in [5.74, 6) is 1.68. The van der Waals surface area contributed by atoms with E-state index in [1.54, 1.807) is 0 Å². The van der Waals surface area contributed by atoms with Crippen molar-refractivity contribution >= 4 is 0 Å². The fourth-order valence-electron chi connectivity index (χ4n) is 2.17. The van der Waals surface area contributed by atoms with E-state index >= 15 is 0 Å². The Kier molecular flexibility index (Phi) is 4.00. The molecule has 1 aliphatic rings. The maximum atomic E-state index is 3.73. The van der Waals surface area contributed by atoms with Crippen LogP contribution in [0.15, 0.2) is 30.3 Å². The highest BCUT2D eigenvalue weighted by Crippen LogP contribution is 2.40. The molecule has 0 bridgehead atoms. The van der Waals surface area contributed by atoms with Gasteiger partial charge in [0.05, 0.1) is 0 Å². The highest BCUT2D eigenvalue weighted by molar-refractivity contribution is 5.21. The summed E-state index contributed by atoms with van der Waals surface area (Å²) >= 11 is 0. The minimum absolute atomic E-state index is 0.597. The Morgan fingerprint density at radius 2 is 1.88 bits per heavy atom. The molecule has 0 spiro atoms. The average molecular weight is 217 g/mol. The van der Waals surface area contributed by atoms with Crippen LogP contribution in [0.4, 0.5) is 0 Å². The van der Waals surface area contributed by atoms with Crippen LogP contribution in [0.25, 0.3) is 0 Å². The number of hydrogen-bond donors (Lipinski definition) is 1. The van der Waals surface area contributed by atoms with Crippen molar-refractivity contribution in [2.24, 2.45) is 11.8 Å². The number of rotatable bonds is 6. The fraction of sp³-hybridized carbons (Fsp3) is 0.600. The van der Waals surface area contributed by atoms with Crippen LogP contribution in [0.2, 0.25) is 0 Å². The molecule has 0 saturated heterocycles. The van der Waals surface area contributed by atoms with Gasteiger partial charge in [-0.25, -0.2) is 0 Å². The predicted octanol–water partition coefficient (Wildman–Crippen LogP) is 3.77. The fourth-order valence-corrected chi connectivity index (χ4v) is 2.17. The number of nitrogens with one attached hydrogen (secondary N) is 1. The van der Waals surface area contributed by atoms with Crippen molar-refractivity contribution in [2.75, 3.05) is 6.54 Å². The molecule has 1 nitrogen and oxygen atoms in total. The third kappa shape index (κ3) is 3.34. The molecule has 1 N–H and O–H groups in total. The predicted molar refractivity (Wildman–Crippen MR) is 69.4 cm³/mol. The Morgan fingerprint density at radius 3 is 2.44 bits per heavy atom. The van der Waals surface area contributed by atoms with Gasteiger partial charge in [-0.15, -0.1) is 0 Å². The van der Waals surface area contributed by atoms with Crippen LogP contribution in [-0.2, 0) is 0 Å². The molecule has 1 atom stereocenters. The number of hydrogen-bond acceptors (Lipinski definition) is 1. The van der Waals surface area contributed by atoms with E-state index < -0.39 is 0 Å². The monoisotopic (exact) mass is 217 g/mol. The Bertz CT molecular complexity index is 300. The van der Waals surface area contributed by atoms with Gasteiger partial charge in [0.25, 0.3) is 0 Å². The molecule has 0 aromatic heterocycles. The van der Waals surface area contributed by atoms with Crippen molar-refractivity contribution in [3.63, 3.8) is 0 Å². The Labute approximate surface area is 99.3 Å². The Hall–Kier alpha value is -0.820. The Morgan fingerprint density at radius 1 is 1.19 bits per heavy atom. The van der Waals surface area contributed by atoms with Gasteiger partial charge in [0, 0.05) is 6.04 Å². The zero-order valence-electron chi connectivity index (χ0n) is 10.4. The third-order valence-corrected chi connectivity index (χ3v) is 3.34. The van der Waals surface area contributed by atoms with Crippen molar-refractivity contribution in [1.29, 1.82) is 0 Å². The van der Waals surface area contributed by atoms with Gasteiger partial charge in [-0.05, 0) is 43.2 Å². The molecule has 1 aromatic carbocycles. The standard InChI is InChI=1S/C15H23N/c1-12(2)10-11-16-15(14-8-9-14)13-6-4-3-5-7-13/h3-7,12,14-16H,8-11H2,1-2H3. The van der Waals surface area contributed by atoms with E-state index in [4.69, 9.17) is 0 Å². The molecular weight excluding hydrogens is 194 g/mol. The van der Waals surface area contributed by atoms with Crippen molar-refractivity contribution < 1.29 is 0 Å². The first-order chi connectivity index (χ1) is 7.77. The van der Waals surface area contributed by atoms with Gasteiger partial charge < -0.3 is 5.32 Å². The quantitative estimate of drug-likeness (QED) is 0.764. The van der Waals surface area contributed by atoms with Crippen LogP contribution >= 0.6 is 0 Å². The lowest BCUT2D eigenvalue weighted by Crippen LogP contribution is -2.24. The lowest BCUT2D eigenvalue weighted by molar-refractivity contribution is 0.446. The van der Waals surface area contributed by atoms with Crippen LogP contribution in [0.5, 0.6) is 0 Å². The zero-order valence-corrected chi connectivity index (χ0v) is 10.4. The van der Waals surface area contributed by atoms with E-state index in [0.29, 0.717) is 6.04 Å². The second-order valence-electron chi connectivity index (χ2n) is 5.36. The van der Waals surface area contributed by atoms with Gasteiger partial charge in [0.15, 0.2) is 0 Å². The zero-order chi connectivity index (χ0) is 11.4. The summed E-state index contributed by atoms with van der Waals surface area (Å²) < 4.78 is 0. The second-order valence-corrected chi connectivity index (χ2v) is 5.36. The minimum Gasteiger partial charge on any atom is -0.310 e. The molecule has 88 valence electrons. The van der Waals surface area contributed by atoms with Gasteiger partial charge >= 0.3 is 0 Å². The molecule has 0 amide bonds. The maximum Gasteiger partial charge on any atom is 0.0348 e. The van der Waals surface area contributed by atoms with E-state index in [0.717, 1.165) is 18.4 Å². The van der Waals surface area contributed by atoms with Crippen LogP contribution < -0.4 is 5.32 Å². The van der Waals surface area contributed by atoms with Gasteiger partial charge in [0.1, 0.15) is 0 Å². The summed E-state index contributed by atoms with van der Waals surface area (Å²) in [5, 5.41) is 3.73. The Balaban J connectivity index is 1.90. The molecule has 1 unspecified atom stereocenters. The third-order valence-electron chi connectivity index (χ3n) is 3.34. The molecule has 0 aliphatic heterocycles. The lowest BCUT2D eigenvalue weighted by Gasteiger charge is -2.19. The first-order valence-electron chi connectivity index (χ1n) is 6.55. The first-order valence-corrected chi connectivity index (χ1v) is 6.55.